The van der Waals surface area contributed by atoms with E-state index in [4.69, 9.17) is 0 Å². The van der Waals surface area contributed by atoms with Crippen molar-refractivity contribution >= 4 is 49.6 Å². The highest BCUT2D eigenvalue weighted by atomic mass is 35.5. The Labute approximate surface area is 283 Å². The number of hydrogen-bond donors (Lipinski definition) is 12. The largest absolute Gasteiger partial charge is 0.395 e. The van der Waals surface area contributed by atoms with Crippen LogP contribution in [0.25, 0.3) is 0 Å². The van der Waals surface area contributed by atoms with Gasteiger partial charge in [0.25, 0.3) is 0 Å². The molecule has 0 amide bonds. The average Bonchev–Trinajstić information content (AvgIpc) is 2.97. The Bertz CT molecular complexity index is 544. The monoisotopic (exact) mass is 732 g/mol. The molecule has 0 bridgehead atoms. The van der Waals surface area contributed by atoms with E-state index >= 15 is 0 Å². The van der Waals surface area contributed by atoms with Gasteiger partial charge in [-0.05, 0) is 0 Å². The van der Waals surface area contributed by atoms with Gasteiger partial charge >= 0.3 is 0 Å². The van der Waals surface area contributed by atoms with Crippen LogP contribution in [0.4, 0.5) is 0 Å². The van der Waals surface area contributed by atoms with Crippen LogP contribution in [0.15, 0.2) is 0 Å². The first-order valence-corrected chi connectivity index (χ1v) is 13.7. The summed E-state index contributed by atoms with van der Waals surface area (Å²) < 4.78 is 0. The summed E-state index contributed by atoms with van der Waals surface area (Å²) in [6.07, 6.45) is -5.19. The topological polar surface area (TPSA) is 256 Å². The summed E-state index contributed by atoms with van der Waals surface area (Å²) in [4.78, 5) is 6.80. The van der Waals surface area contributed by atoms with Crippen LogP contribution in [0.2, 0.25) is 0 Å². The van der Waals surface area contributed by atoms with Crippen molar-refractivity contribution in [1.29, 1.82) is 0 Å². The average molecular weight is 735 g/mol. The molecule has 16 nitrogen and oxygen atoms in total. The lowest BCUT2D eigenvalue weighted by molar-refractivity contribution is -0.0588. The van der Waals surface area contributed by atoms with Crippen molar-refractivity contribution < 1.29 is 61.3 Å². The van der Waals surface area contributed by atoms with E-state index in [1.807, 2.05) is 0 Å². The standard InChI is InChI=1S/C24H52N4O12.4ClH/c29-9-17(21(37)13-33)25-1-2-26(18(10-30)22(38)14-34)5-6-28(20(12-32)24(40)16-36)8-7-27(4-3-25)19(11-31)23(39)15-35;;;;/h17-24,29-40H,1-16H2;4*1H. The Hall–Kier alpha value is 0.520. The third-order valence-electron chi connectivity index (χ3n) is 7.85. The summed E-state index contributed by atoms with van der Waals surface area (Å²) in [5, 5.41) is 120. The van der Waals surface area contributed by atoms with Crippen LogP contribution in [-0.2, 0) is 0 Å². The van der Waals surface area contributed by atoms with E-state index in [1.165, 1.54) is 0 Å². The van der Waals surface area contributed by atoms with Crippen LogP contribution in [0.1, 0.15) is 0 Å². The zero-order valence-electron chi connectivity index (χ0n) is 24.7. The lowest BCUT2D eigenvalue weighted by atomic mass is 10.1. The number of aliphatic hydroxyl groups excluding tert-OH is 12. The minimum Gasteiger partial charge on any atom is -0.395 e. The predicted octanol–water partition coefficient (Wildman–Crippen LogP) is -6.25. The van der Waals surface area contributed by atoms with E-state index in [9.17, 15) is 61.3 Å². The normalized spacial score (nSPS) is 22.1. The van der Waals surface area contributed by atoms with E-state index in [0.717, 1.165) is 0 Å². The fraction of sp³-hybridized carbons (Fsp3) is 1.00. The van der Waals surface area contributed by atoms with Crippen LogP contribution >= 0.6 is 49.6 Å². The highest BCUT2D eigenvalue weighted by Crippen LogP contribution is 2.15. The van der Waals surface area contributed by atoms with Crippen molar-refractivity contribution in [3.63, 3.8) is 0 Å². The van der Waals surface area contributed by atoms with Crippen LogP contribution < -0.4 is 0 Å². The van der Waals surface area contributed by atoms with Gasteiger partial charge in [-0.1, -0.05) is 0 Å². The van der Waals surface area contributed by atoms with Crippen molar-refractivity contribution in [3.05, 3.63) is 0 Å². The van der Waals surface area contributed by atoms with E-state index in [0.29, 0.717) is 0 Å². The zero-order chi connectivity index (χ0) is 30.2. The first-order chi connectivity index (χ1) is 19.2. The predicted molar refractivity (Wildman–Crippen MR) is 171 cm³/mol. The molecule has 1 rings (SSSR count). The third-order valence-corrected chi connectivity index (χ3v) is 7.85. The maximum Gasteiger partial charge on any atom is 0.0947 e. The quantitative estimate of drug-likeness (QED) is 0.0705. The SMILES string of the molecule is Cl.Cl.Cl.Cl.OCC(O)C(CO)N1CCN(C(CO)C(O)CO)CCN(C(CO)C(O)CO)CCN(C(CO)C(O)CO)CC1. The van der Waals surface area contributed by atoms with Crippen LogP contribution in [-0.4, -0.2) is 235 Å². The van der Waals surface area contributed by atoms with Crippen molar-refractivity contribution in [1.82, 2.24) is 19.6 Å². The molecule has 20 heteroatoms. The molecule has 1 fully saturated rings. The lowest BCUT2D eigenvalue weighted by Gasteiger charge is -2.43. The van der Waals surface area contributed by atoms with Crippen molar-refractivity contribution in [2.24, 2.45) is 0 Å². The summed E-state index contributed by atoms with van der Waals surface area (Å²) in [5.41, 5.74) is 0. The minimum atomic E-state index is -1.30. The summed E-state index contributed by atoms with van der Waals surface area (Å²) in [6, 6.07) is -3.57. The molecule has 0 aromatic heterocycles. The van der Waals surface area contributed by atoms with Crippen molar-refractivity contribution in [2.75, 3.05) is 105 Å². The molecule has 272 valence electrons. The highest BCUT2D eigenvalue weighted by Gasteiger charge is 2.34. The highest BCUT2D eigenvalue weighted by molar-refractivity contribution is 5.86. The maximum atomic E-state index is 10.4. The van der Waals surface area contributed by atoms with Gasteiger partial charge in [0.05, 0.1) is 101 Å². The Morgan fingerprint density at radius 3 is 0.523 bits per heavy atom. The van der Waals surface area contributed by atoms with Crippen molar-refractivity contribution in [3.8, 4) is 0 Å². The second-order valence-electron chi connectivity index (χ2n) is 10.1. The van der Waals surface area contributed by atoms with Gasteiger partial charge in [0, 0.05) is 52.4 Å². The Balaban J connectivity index is -0.00000200. The molecule has 0 spiro atoms. The Morgan fingerprint density at radius 1 is 0.295 bits per heavy atom. The van der Waals surface area contributed by atoms with Gasteiger partial charge in [-0.25, -0.2) is 0 Å². The molecule has 1 aliphatic rings. The Morgan fingerprint density at radius 2 is 0.432 bits per heavy atom. The summed E-state index contributed by atoms with van der Waals surface area (Å²) in [6.45, 7) is -3.16. The molecular formula is C24H56Cl4N4O12. The van der Waals surface area contributed by atoms with Gasteiger partial charge in [-0.3, -0.25) is 19.6 Å². The first-order valence-electron chi connectivity index (χ1n) is 13.7. The lowest BCUT2D eigenvalue weighted by Crippen LogP contribution is -2.59. The number of aliphatic hydroxyl groups is 12. The molecule has 1 heterocycles. The van der Waals surface area contributed by atoms with E-state index < -0.39 is 101 Å². The number of halogens is 4. The first kappa shape index (κ1) is 51.4. The Kier molecular flexibility index (Phi) is 33.3. The summed E-state index contributed by atoms with van der Waals surface area (Å²) in [5.74, 6) is 0. The van der Waals surface area contributed by atoms with Crippen LogP contribution in [0, 0.1) is 0 Å². The molecular weight excluding hydrogens is 678 g/mol. The summed E-state index contributed by atoms with van der Waals surface area (Å²) >= 11 is 0. The fourth-order valence-electron chi connectivity index (χ4n) is 5.21. The van der Waals surface area contributed by atoms with E-state index in [-0.39, 0.29) is 102 Å². The molecule has 0 saturated carbocycles. The molecule has 0 aromatic carbocycles. The number of rotatable bonds is 16. The van der Waals surface area contributed by atoms with Crippen LogP contribution in [0.3, 0.4) is 0 Å². The molecule has 0 aromatic rings. The van der Waals surface area contributed by atoms with Gasteiger partial charge in [-0.15, -0.1) is 49.6 Å². The molecule has 8 atom stereocenters. The molecule has 44 heavy (non-hydrogen) atoms. The summed E-state index contributed by atoms with van der Waals surface area (Å²) in [7, 11) is 0. The van der Waals surface area contributed by atoms with Crippen LogP contribution in [0.5, 0.6) is 0 Å². The fourth-order valence-corrected chi connectivity index (χ4v) is 5.21. The smallest absolute Gasteiger partial charge is 0.0947 e. The zero-order valence-corrected chi connectivity index (χ0v) is 28.0. The van der Waals surface area contributed by atoms with Crippen molar-refractivity contribution in [2.45, 2.75) is 48.6 Å². The second kappa shape index (κ2) is 28.5. The minimum absolute atomic E-state index is 0. The van der Waals surface area contributed by atoms with Gasteiger partial charge in [-0.2, -0.15) is 0 Å². The molecule has 1 aliphatic heterocycles. The van der Waals surface area contributed by atoms with Gasteiger partial charge < -0.3 is 61.3 Å². The van der Waals surface area contributed by atoms with E-state index in [2.05, 4.69) is 0 Å². The van der Waals surface area contributed by atoms with Gasteiger partial charge in [0.15, 0.2) is 0 Å². The second-order valence-corrected chi connectivity index (χ2v) is 10.1. The molecule has 8 unspecified atom stereocenters. The van der Waals surface area contributed by atoms with E-state index in [1.54, 1.807) is 19.6 Å². The molecule has 0 aliphatic carbocycles. The van der Waals surface area contributed by atoms with Gasteiger partial charge in [0.1, 0.15) is 0 Å². The molecule has 1 saturated heterocycles. The van der Waals surface area contributed by atoms with Gasteiger partial charge in [0.2, 0.25) is 0 Å². The molecule has 0 radical (unpaired) electrons. The molecule has 12 N–H and O–H groups in total. The third kappa shape index (κ3) is 15.6. The maximum absolute atomic E-state index is 10.4. The number of hydrogen-bond acceptors (Lipinski definition) is 16. The number of nitrogens with zero attached hydrogens (tertiary/aromatic N) is 4.